The van der Waals surface area contributed by atoms with Crippen LogP contribution in [0.15, 0.2) is 0 Å². The average molecular weight is 471 g/mol. The topological polar surface area (TPSA) is 98.8 Å². The lowest BCUT2D eigenvalue weighted by molar-refractivity contribution is -0.289. The molecule has 0 aromatic rings. The van der Waals surface area contributed by atoms with Gasteiger partial charge in [0.05, 0.1) is 39.6 Å². The van der Waals surface area contributed by atoms with Crippen molar-refractivity contribution in [2.75, 3.05) is 52.9 Å². The van der Waals surface area contributed by atoms with Crippen LogP contribution in [-0.4, -0.2) is 76.4 Å². The summed E-state index contributed by atoms with van der Waals surface area (Å²) in [5.74, 6) is -0.283. The summed E-state index contributed by atoms with van der Waals surface area (Å²) in [6.07, 6.45) is 5.22. The third-order valence-corrected chi connectivity index (χ3v) is 5.68. The molecule has 9 nitrogen and oxygen atoms in total. The number of carbonyl (C=O) groups excluding carboxylic acids is 2. The Bertz CT molecular complexity index is 732. The van der Waals surface area contributed by atoms with Gasteiger partial charge < -0.3 is 33.2 Å². The molecule has 2 saturated heterocycles. The molecule has 0 aromatic carbocycles. The first-order chi connectivity index (χ1) is 15.1. The summed E-state index contributed by atoms with van der Waals surface area (Å²) in [6.45, 7) is 13.5. The lowest BCUT2D eigenvalue weighted by atomic mass is 9.90. The fourth-order valence-electron chi connectivity index (χ4n) is 3.09. The maximum atomic E-state index is 12.8. The van der Waals surface area contributed by atoms with E-state index in [4.69, 9.17) is 39.6 Å². The first-order valence-electron chi connectivity index (χ1n) is 11.1. The Hall–Kier alpha value is -1.70. The minimum Gasteiger partial charge on any atom is -0.464 e. The fourth-order valence-corrected chi connectivity index (χ4v) is 3.09. The van der Waals surface area contributed by atoms with Crippen molar-refractivity contribution in [1.29, 1.82) is 0 Å². The third kappa shape index (κ3) is 7.66. The lowest BCUT2D eigenvalue weighted by Gasteiger charge is -2.41. The van der Waals surface area contributed by atoms with Gasteiger partial charge in [0.15, 0.2) is 18.2 Å². The molecule has 0 N–H and O–H groups in total. The van der Waals surface area contributed by atoms with Crippen LogP contribution in [0.4, 0.5) is 0 Å². The van der Waals surface area contributed by atoms with Gasteiger partial charge in [0.25, 0.3) is 0 Å². The molecule has 33 heavy (non-hydrogen) atoms. The molecule has 0 spiro atoms. The van der Waals surface area contributed by atoms with E-state index in [9.17, 15) is 9.59 Å². The van der Waals surface area contributed by atoms with E-state index in [0.29, 0.717) is 13.2 Å². The zero-order valence-corrected chi connectivity index (χ0v) is 20.9. The van der Waals surface area contributed by atoms with Crippen molar-refractivity contribution in [1.82, 2.24) is 0 Å². The number of ether oxygens (including phenoxy) is 7. The van der Waals surface area contributed by atoms with Gasteiger partial charge in [-0.3, -0.25) is 9.59 Å². The normalized spacial score (nSPS) is 24.7. The quantitative estimate of drug-likeness (QED) is 0.371. The van der Waals surface area contributed by atoms with Gasteiger partial charge in [-0.15, -0.1) is 6.42 Å². The highest BCUT2D eigenvalue weighted by molar-refractivity contribution is 5.79. The number of esters is 2. The molecule has 2 aliphatic heterocycles. The molecule has 0 aromatic heterocycles. The Kier molecular flexibility index (Phi) is 8.58. The van der Waals surface area contributed by atoms with Gasteiger partial charge in [-0.2, -0.15) is 0 Å². The largest absolute Gasteiger partial charge is 0.464 e. The summed E-state index contributed by atoms with van der Waals surface area (Å²) in [5, 5.41) is 0. The van der Waals surface area contributed by atoms with E-state index in [1.807, 2.05) is 20.8 Å². The van der Waals surface area contributed by atoms with Gasteiger partial charge in [0.2, 0.25) is 0 Å². The Morgan fingerprint density at radius 2 is 1.39 bits per heavy atom. The second-order valence-corrected chi connectivity index (χ2v) is 10.7. The first-order valence-corrected chi connectivity index (χ1v) is 11.1. The first kappa shape index (κ1) is 27.5. The van der Waals surface area contributed by atoms with Crippen molar-refractivity contribution in [3.05, 3.63) is 0 Å². The van der Waals surface area contributed by atoms with E-state index in [1.54, 1.807) is 27.7 Å². The van der Waals surface area contributed by atoms with Crippen molar-refractivity contribution in [2.24, 2.45) is 16.2 Å². The molecule has 188 valence electrons. The van der Waals surface area contributed by atoms with E-state index in [1.165, 1.54) is 0 Å². The van der Waals surface area contributed by atoms with Crippen molar-refractivity contribution in [2.45, 2.75) is 60.0 Å². The van der Waals surface area contributed by atoms with Crippen LogP contribution in [-0.2, 0) is 42.7 Å². The smallest absolute Gasteiger partial charge is 0.318 e. The van der Waals surface area contributed by atoms with Crippen molar-refractivity contribution < 1.29 is 42.7 Å². The van der Waals surface area contributed by atoms with Gasteiger partial charge >= 0.3 is 11.9 Å². The molecule has 2 fully saturated rings. The predicted octanol–water partition coefficient (Wildman–Crippen LogP) is 2.31. The van der Waals surface area contributed by atoms with Gasteiger partial charge in [-0.1, -0.05) is 12.8 Å². The summed E-state index contributed by atoms with van der Waals surface area (Å²) >= 11 is 0. The monoisotopic (exact) mass is 470 g/mol. The van der Waals surface area contributed by atoms with Crippen LogP contribution in [0.25, 0.3) is 0 Å². The predicted molar refractivity (Wildman–Crippen MR) is 118 cm³/mol. The van der Waals surface area contributed by atoms with E-state index in [2.05, 4.69) is 5.92 Å². The Balaban J connectivity index is 1.97. The van der Waals surface area contributed by atoms with Gasteiger partial charge in [0.1, 0.15) is 17.4 Å². The van der Waals surface area contributed by atoms with E-state index in [0.717, 1.165) is 0 Å². The lowest BCUT2D eigenvalue weighted by Crippen LogP contribution is -2.51. The third-order valence-electron chi connectivity index (χ3n) is 5.68. The minimum absolute atomic E-state index is 0.0422. The molecular formula is C24H38O9. The molecule has 1 unspecified atom stereocenters. The van der Waals surface area contributed by atoms with E-state index < -0.39 is 34.3 Å². The molecule has 0 radical (unpaired) electrons. The fraction of sp³-hybridized carbons (Fsp3) is 0.833. The summed E-state index contributed by atoms with van der Waals surface area (Å²) in [6, 6.07) is 0. The molecule has 1 atom stereocenters. The van der Waals surface area contributed by atoms with Gasteiger partial charge in [-0.05, 0) is 41.5 Å². The molecule has 2 rings (SSSR count). The van der Waals surface area contributed by atoms with Crippen LogP contribution >= 0.6 is 0 Å². The average Bonchev–Trinajstić information content (AvgIpc) is 2.75. The maximum Gasteiger partial charge on any atom is 0.318 e. The molecule has 0 bridgehead atoms. The molecule has 0 amide bonds. The summed E-state index contributed by atoms with van der Waals surface area (Å²) in [5.41, 5.74) is -2.63. The van der Waals surface area contributed by atoms with Crippen LogP contribution in [0.3, 0.4) is 0 Å². The number of rotatable bonds is 9. The van der Waals surface area contributed by atoms with Crippen LogP contribution in [0.2, 0.25) is 0 Å². The van der Waals surface area contributed by atoms with Crippen LogP contribution < -0.4 is 0 Å². The van der Waals surface area contributed by atoms with Crippen LogP contribution in [0.5, 0.6) is 0 Å². The molecule has 9 heteroatoms. The minimum atomic E-state index is -1.26. The van der Waals surface area contributed by atoms with E-state index in [-0.39, 0.29) is 45.1 Å². The number of hydrogen-bond donors (Lipinski definition) is 0. The molecule has 0 aliphatic carbocycles. The molecule has 2 aliphatic rings. The molecular weight excluding hydrogens is 432 g/mol. The zero-order valence-electron chi connectivity index (χ0n) is 20.9. The number of carbonyl (C=O) groups is 2. The van der Waals surface area contributed by atoms with Crippen molar-refractivity contribution in [3.8, 4) is 12.3 Å². The van der Waals surface area contributed by atoms with E-state index >= 15 is 0 Å². The van der Waals surface area contributed by atoms with Crippen molar-refractivity contribution in [3.63, 3.8) is 0 Å². The van der Waals surface area contributed by atoms with Gasteiger partial charge in [0, 0.05) is 5.41 Å². The second-order valence-electron chi connectivity index (χ2n) is 10.7. The Morgan fingerprint density at radius 3 is 1.91 bits per heavy atom. The molecule has 2 heterocycles. The van der Waals surface area contributed by atoms with Crippen molar-refractivity contribution >= 4 is 11.9 Å². The SMILES string of the molecule is C#CCOC(=O)C(C)(COCC1(C)COC(C)(C)OC1)COC(=O)C1(C)COC(C)(C)OC1. The second kappa shape index (κ2) is 10.3. The highest BCUT2D eigenvalue weighted by Crippen LogP contribution is 2.33. The highest BCUT2D eigenvalue weighted by Gasteiger charge is 2.46. The van der Waals surface area contributed by atoms with Crippen LogP contribution in [0, 0.1) is 28.6 Å². The number of terminal acetylenes is 1. The zero-order chi connectivity index (χ0) is 25.0. The van der Waals surface area contributed by atoms with Crippen LogP contribution in [0.1, 0.15) is 48.5 Å². The summed E-state index contributed by atoms with van der Waals surface area (Å²) < 4.78 is 39.2. The van der Waals surface area contributed by atoms with Gasteiger partial charge in [-0.25, -0.2) is 0 Å². The summed E-state index contributed by atoms with van der Waals surface area (Å²) in [4.78, 5) is 25.5. The standard InChI is InChI=1S/C24H38O9/c1-9-10-28-18(25)23(7,14-27-11-22(6)12-30-20(2,3)31-13-22)15-29-19(26)24(8)16-32-21(4,5)33-17-24/h1H,10-17H2,2-8H3. The summed E-state index contributed by atoms with van der Waals surface area (Å²) in [7, 11) is 0. The maximum absolute atomic E-state index is 12.8. The molecule has 0 saturated carbocycles. The number of hydrogen-bond acceptors (Lipinski definition) is 9. The Morgan fingerprint density at radius 1 is 0.879 bits per heavy atom. The Labute approximate surface area is 196 Å². The highest BCUT2D eigenvalue weighted by atomic mass is 16.7.